The van der Waals surface area contributed by atoms with Crippen molar-refractivity contribution in [1.82, 2.24) is 4.90 Å². The normalized spacial score (nSPS) is 22.9. The van der Waals surface area contributed by atoms with Crippen molar-refractivity contribution in [3.05, 3.63) is 94.3 Å². The molecule has 5 atom stereocenters. The summed E-state index contributed by atoms with van der Waals surface area (Å²) in [6.45, 7) is 3.76. The quantitative estimate of drug-likeness (QED) is 0.105. The van der Waals surface area contributed by atoms with E-state index in [4.69, 9.17) is 14.8 Å². The fourth-order valence-corrected chi connectivity index (χ4v) is 10.3. The number of rotatable bonds is 12. The molecule has 1 saturated carbocycles. The Morgan fingerprint density at radius 1 is 1.00 bits per heavy atom. The number of primary amides is 1. The largest absolute Gasteiger partial charge is 0.508 e. The molecule has 1 fully saturated rings. The fraction of sp³-hybridized carbons (Fsp3) is 0.375. The minimum Gasteiger partial charge on any atom is -0.508 e. The van der Waals surface area contributed by atoms with Crippen LogP contribution in [-0.4, -0.2) is 95.8 Å². The van der Waals surface area contributed by atoms with Crippen molar-refractivity contribution in [3.63, 3.8) is 0 Å². The van der Waals surface area contributed by atoms with Crippen LogP contribution in [0, 0.1) is 11.8 Å². The Bertz CT molecular complexity index is 2140. The lowest BCUT2D eigenvalue weighted by Gasteiger charge is -2.50. The number of nitrogens with two attached hydrogens (primary N) is 1. The molecule has 14 nitrogen and oxygen atoms in total. The molecule has 0 heterocycles. The predicted molar refractivity (Wildman–Crippen MR) is 208 cm³/mol. The number of Topliss-reactive ketones (excluding diaryl/α,β-unsaturated/α-hetero) is 2. The van der Waals surface area contributed by atoms with Gasteiger partial charge in [-0.3, -0.25) is 23.8 Å². The Morgan fingerprint density at radius 2 is 1.62 bits per heavy atom. The number of benzene rings is 3. The summed E-state index contributed by atoms with van der Waals surface area (Å²) >= 11 is 0. The molecular weight excluding hydrogens is 727 g/mol. The van der Waals surface area contributed by atoms with Crippen LogP contribution in [0.5, 0.6) is 5.75 Å². The van der Waals surface area contributed by atoms with Crippen LogP contribution in [0.2, 0.25) is 0 Å². The number of ketones is 2. The van der Waals surface area contributed by atoms with E-state index < -0.39 is 71.4 Å². The molecule has 0 aliphatic heterocycles. The first kappa shape index (κ1) is 39.7. The molecule has 7 N–H and O–H groups in total. The lowest BCUT2D eigenvalue weighted by atomic mass is 9.57. The molecule has 3 aromatic carbocycles. The molecule has 1 amide bonds. The van der Waals surface area contributed by atoms with E-state index in [2.05, 4.69) is 5.32 Å². The number of nitrogens with one attached hydrogen (secondary N) is 1. The highest BCUT2D eigenvalue weighted by Crippen LogP contribution is 2.61. The molecule has 0 radical (unpaired) electrons. The highest BCUT2D eigenvalue weighted by atomic mass is 31.2. The summed E-state index contributed by atoms with van der Waals surface area (Å²) in [6.07, 6.45) is 0.125. The average Bonchev–Trinajstić information content (AvgIpc) is 3.12. The van der Waals surface area contributed by atoms with Gasteiger partial charge in [-0.1, -0.05) is 42.5 Å². The first-order valence-electron chi connectivity index (χ1n) is 18.0. The number of carbonyl (C=O) groups is 3. The molecule has 292 valence electrons. The van der Waals surface area contributed by atoms with Crippen molar-refractivity contribution < 1.29 is 48.4 Å². The maximum Gasteiger partial charge on any atom is 0.357 e. The molecule has 3 aliphatic carbocycles. The van der Waals surface area contributed by atoms with Crippen LogP contribution in [0.1, 0.15) is 42.7 Å². The average molecular weight is 775 g/mol. The number of aliphatic hydroxyl groups excluding tert-OH is 2. The lowest BCUT2D eigenvalue weighted by molar-refractivity contribution is -0.153. The van der Waals surface area contributed by atoms with Crippen molar-refractivity contribution in [3.8, 4) is 16.9 Å². The van der Waals surface area contributed by atoms with Crippen molar-refractivity contribution in [2.45, 2.75) is 44.1 Å². The number of para-hydroxylation sites is 1. The van der Waals surface area contributed by atoms with E-state index in [1.54, 1.807) is 72.4 Å². The lowest BCUT2D eigenvalue weighted by Crippen LogP contribution is -2.65. The second-order valence-corrected chi connectivity index (χ2v) is 16.5. The van der Waals surface area contributed by atoms with Gasteiger partial charge in [0.25, 0.3) is 5.91 Å². The van der Waals surface area contributed by atoms with E-state index in [9.17, 15) is 39.4 Å². The van der Waals surface area contributed by atoms with Crippen molar-refractivity contribution in [1.29, 1.82) is 0 Å². The van der Waals surface area contributed by atoms with Gasteiger partial charge in [0.2, 0.25) is 5.78 Å². The third-order valence-electron chi connectivity index (χ3n) is 10.7. The first-order chi connectivity index (χ1) is 26.0. The van der Waals surface area contributed by atoms with Gasteiger partial charge in [0.05, 0.1) is 24.8 Å². The molecule has 6 rings (SSSR count). The third kappa shape index (κ3) is 6.51. The van der Waals surface area contributed by atoms with Gasteiger partial charge in [0.15, 0.2) is 17.2 Å². The molecular formula is C40H47N4O10P. The van der Waals surface area contributed by atoms with Crippen LogP contribution in [0.15, 0.2) is 77.6 Å². The second kappa shape index (κ2) is 14.9. The van der Waals surface area contributed by atoms with Gasteiger partial charge in [-0.15, -0.1) is 0 Å². The summed E-state index contributed by atoms with van der Waals surface area (Å²) in [5.41, 5.74) is 4.85. The molecule has 0 bridgehead atoms. The van der Waals surface area contributed by atoms with E-state index in [1.807, 2.05) is 35.2 Å². The molecule has 0 aromatic heterocycles. The molecule has 0 spiro atoms. The molecule has 15 heteroatoms. The number of aromatic hydroxyl groups is 1. The number of anilines is 2. The smallest absolute Gasteiger partial charge is 0.357 e. The number of amides is 1. The Hall–Kier alpha value is -4.98. The number of likely N-dealkylation sites (N-methyl/N-ethyl adjacent to an activating group) is 1. The van der Waals surface area contributed by atoms with E-state index in [1.165, 1.54) is 4.90 Å². The number of fused-ring (bicyclic) bond motifs is 3. The Morgan fingerprint density at radius 3 is 2.16 bits per heavy atom. The zero-order valence-corrected chi connectivity index (χ0v) is 32.5. The minimum atomic E-state index is -3.75. The monoisotopic (exact) mass is 774 g/mol. The van der Waals surface area contributed by atoms with Gasteiger partial charge < -0.3 is 45.4 Å². The van der Waals surface area contributed by atoms with Crippen LogP contribution in [0.4, 0.5) is 11.4 Å². The SMILES string of the molecule is CCOP(=O)(OCC)C(Nc1ccccc1)c1ccc(-c2cc(N(C)C)c3c(c2O)C(O)=C2C(=O)[C@]4(O)C(O)=C(C(N)=O)C(=O)[C@@H](N(C)C)C4CC2C3)cc1. The summed E-state index contributed by atoms with van der Waals surface area (Å²) in [6, 6.07) is 16.7. The van der Waals surface area contributed by atoms with Gasteiger partial charge in [-0.05, 0) is 81.6 Å². The molecule has 3 aliphatic rings. The van der Waals surface area contributed by atoms with Gasteiger partial charge in [-0.25, -0.2) is 0 Å². The van der Waals surface area contributed by atoms with Crippen LogP contribution >= 0.6 is 7.60 Å². The summed E-state index contributed by atoms with van der Waals surface area (Å²) in [5, 5.41) is 50.4. The highest BCUT2D eigenvalue weighted by molar-refractivity contribution is 7.54. The van der Waals surface area contributed by atoms with Crippen molar-refractivity contribution >= 4 is 42.2 Å². The summed E-state index contributed by atoms with van der Waals surface area (Å²) in [7, 11) is 2.97. The number of hydrogen-bond acceptors (Lipinski definition) is 13. The van der Waals surface area contributed by atoms with Crippen LogP contribution in [0.3, 0.4) is 0 Å². The number of phenols is 1. The summed E-state index contributed by atoms with van der Waals surface area (Å²) in [5.74, 6) is -8.05. The number of carbonyl (C=O) groups excluding carboxylic acids is 3. The zero-order chi connectivity index (χ0) is 40.1. The minimum absolute atomic E-state index is 0.0197. The molecule has 3 aromatic rings. The number of aliphatic hydroxyl groups is 3. The Kier molecular flexibility index (Phi) is 10.8. The van der Waals surface area contributed by atoms with Gasteiger partial charge in [-0.2, -0.15) is 0 Å². The van der Waals surface area contributed by atoms with E-state index in [0.29, 0.717) is 33.6 Å². The van der Waals surface area contributed by atoms with Gasteiger partial charge in [0, 0.05) is 42.5 Å². The zero-order valence-electron chi connectivity index (χ0n) is 31.6. The van der Waals surface area contributed by atoms with E-state index in [-0.39, 0.29) is 42.9 Å². The fourth-order valence-electron chi connectivity index (χ4n) is 8.34. The number of phenolic OH excluding ortho intramolecular Hbond substituents is 1. The third-order valence-corrected chi connectivity index (χ3v) is 13.0. The Balaban J connectivity index is 1.48. The number of hydrogen-bond donors (Lipinski definition) is 6. The van der Waals surface area contributed by atoms with Crippen LogP contribution < -0.4 is 16.0 Å². The summed E-state index contributed by atoms with van der Waals surface area (Å²) in [4.78, 5) is 43.5. The van der Waals surface area contributed by atoms with Gasteiger partial charge >= 0.3 is 7.60 Å². The van der Waals surface area contributed by atoms with Crippen LogP contribution in [-0.2, 0) is 34.4 Å². The first-order valence-corrected chi connectivity index (χ1v) is 19.6. The van der Waals surface area contributed by atoms with E-state index >= 15 is 0 Å². The van der Waals surface area contributed by atoms with Crippen LogP contribution in [0.25, 0.3) is 16.9 Å². The van der Waals surface area contributed by atoms with Gasteiger partial charge in [0.1, 0.15) is 22.8 Å². The molecule has 3 unspecified atom stereocenters. The maximum atomic E-state index is 14.4. The highest BCUT2D eigenvalue weighted by Gasteiger charge is 2.64. The standard InChI is InChI=1S/C40H47N4O10P/c1-7-53-55(52,54-8-2)39(42-24-12-10-9-11-13-24)22-16-14-21(15-17-22)25-20-28(43(3)4)26-18-23-19-27-32(44(5)6)35(47)31(38(41)50)37(49)40(27,51)36(48)29(23)34(46)30(26)33(25)45/h9-17,20,23,27,32,39,42,45-46,49,51H,7-8,18-19H2,1-6H3,(H2,41,50)/t23?,27?,32-,39?,40-/m0/s1. The maximum absolute atomic E-state index is 14.4. The number of nitrogens with zero attached hydrogens (tertiary/aromatic N) is 2. The summed E-state index contributed by atoms with van der Waals surface area (Å²) < 4.78 is 25.6. The Labute approximate surface area is 319 Å². The predicted octanol–water partition coefficient (Wildman–Crippen LogP) is 5.07. The topological polar surface area (TPSA) is 212 Å². The molecule has 0 saturated heterocycles. The van der Waals surface area contributed by atoms with Crippen molar-refractivity contribution in [2.75, 3.05) is 51.6 Å². The van der Waals surface area contributed by atoms with E-state index in [0.717, 1.165) is 0 Å². The van der Waals surface area contributed by atoms with Crippen molar-refractivity contribution in [2.24, 2.45) is 17.6 Å². The second-order valence-electron chi connectivity index (χ2n) is 14.4. The molecule has 55 heavy (non-hydrogen) atoms.